The van der Waals surface area contributed by atoms with Gasteiger partial charge in [-0.2, -0.15) is 0 Å². The van der Waals surface area contributed by atoms with Crippen LogP contribution in [0.15, 0.2) is 113 Å². The van der Waals surface area contributed by atoms with Gasteiger partial charge in [0, 0.05) is 60.7 Å². The molecule has 0 spiro atoms. The number of likely N-dealkylation sites (tertiary alicyclic amines) is 1. The molecule has 0 aliphatic carbocycles. The van der Waals surface area contributed by atoms with E-state index in [-0.39, 0.29) is 22.7 Å². The summed E-state index contributed by atoms with van der Waals surface area (Å²) in [4.78, 5) is 31.4. The van der Waals surface area contributed by atoms with Crippen molar-refractivity contribution in [2.24, 2.45) is 0 Å². The van der Waals surface area contributed by atoms with Crippen molar-refractivity contribution in [2.45, 2.75) is 55.2 Å². The van der Waals surface area contributed by atoms with Crippen LogP contribution in [0.3, 0.4) is 0 Å². The first-order chi connectivity index (χ1) is 20.4. The molecule has 216 valence electrons. The number of piperidine rings is 1. The third kappa shape index (κ3) is 7.99. The van der Waals surface area contributed by atoms with Gasteiger partial charge in [0.15, 0.2) is 0 Å². The van der Waals surface area contributed by atoms with Gasteiger partial charge in [-0.05, 0) is 54.7 Å². The van der Waals surface area contributed by atoms with Crippen molar-refractivity contribution in [3.05, 3.63) is 135 Å². The fraction of sp³-hybridized carbons (Fsp3) is 0.265. The van der Waals surface area contributed by atoms with Crippen LogP contribution in [-0.4, -0.2) is 39.9 Å². The van der Waals surface area contributed by atoms with Crippen LogP contribution in [0.25, 0.3) is 0 Å². The third-order valence-corrected chi connectivity index (χ3v) is 8.76. The Morgan fingerprint density at radius 2 is 1.57 bits per heavy atom. The summed E-state index contributed by atoms with van der Waals surface area (Å²) in [5.41, 5.74) is 4.28. The Labute approximate surface area is 251 Å². The molecule has 0 bridgehead atoms. The molecule has 8 heteroatoms. The van der Waals surface area contributed by atoms with Gasteiger partial charge in [-0.15, -0.1) is 0 Å². The second kappa shape index (κ2) is 14.2. The second-order valence-corrected chi connectivity index (χ2v) is 11.8. The highest BCUT2D eigenvalue weighted by Crippen LogP contribution is 2.34. The van der Waals surface area contributed by atoms with Gasteiger partial charge in [-0.25, -0.2) is 4.79 Å². The normalized spacial score (nSPS) is 13.9. The topological polar surface area (TPSA) is 78.7 Å². The van der Waals surface area contributed by atoms with Crippen molar-refractivity contribution >= 4 is 23.5 Å². The van der Waals surface area contributed by atoms with Crippen molar-refractivity contribution in [1.29, 1.82) is 0 Å². The summed E-state index contributed by atoms with van der Waals surface area (Å²) in [7, 11) is 0. The molecule has 1 fully saturated rings. The summed E-state index contributed by atoms with van der Waals surface area (Å²) in [5, 5.41) is 14.8. The molecule has 42 heavy (non-hydrogen) atoms. The van der Waals surface area contributed by atoms with Gasteiger partial charge in [-0.3, -0.25) is 15.0 Å². The molecule has 1 saturated heterocycles. The maximum absolute atomic E-state index is 13.8. The molecule has 5 rings (SSSR count). The van der Waals surface area contributed by atoms with E-state index in [0.29, 0.717) is 13.1 Å². The van der Waals surface area contributed by atoms with Crippen LogP contribution in [0.2, 0.25) is 0 Å². The van der Waals surface area contributed by atoms with E-state index in [1.54, 1.807) is 30.0 Å². The zero-order valence-corrected chi connectivity index (χ0v) is 24.6. The van der Waals surface area contributed by atoms with Crippen LogP contribution in [0.4, 0.5) is 10.5 Å². The van der Waals surface area contributed by atoms with E-state index >= 15 is 0 Å². The molecule has 0 radical (unpaired) electrons. The number of aryl methyl sites for hydroxylation is 1. The summed E-state index contributed by atoms with van der Waals surface area (Å²) in [6.45, 7) is 5.39. The Kier molecular flexibility index (Phi) is 9.90. The lowest BCUT2D eigenvalue weighted by atomic mass is 10.0. The van der Waals surface area contributed by atoms with E-state index in [4.69, 9.17) is 0 Å². The number of nitrogens with one attached hydrogen (secondary N) is 1. The minimum Gasteiger partial charge on any atom is -0.334 e. The van der Waals surface area contributed by atoms with Crippen LogP contribution in [0.5, 0.6) is 0 Å². The molecule has 0 saturated carbocycles. The van der Waals surface area contributed by atoms with Crippen LogP contribution in [-0.2, 0) is 19.6 Å². The SMILES string of the molecule is Cc1ccc(Sc2ccc([N+](=O)[O-])cc2CN(C(=O)NCc2ccccc2)C2CCN(Cc3ccccc3)CC2)cc1. The smallest absolute Gasteiger partial charge is 0.318 e. The molecule has 1 aliphatic rings. The maximum atomic E-state index is 13.8. The minimum atomic E-state index is -0.369. The molecule has 0 atom stereocenters. The predicted molar refractivity (Wildman–Crippen MR) is 167 cm³/mol. The highest BCUT2D eigenvalue weighted by molar-refractivity contribution is 7.99. The largest absolute Gasteiger partial charge is 0.334 e. The fourth-order valence-corrected chi connectivity index (χ4v) is 6.21. The Morgan fingerprint density at radius 1 is 0.929 bits per heavy atom. The number of carbonyl (C=O) groups is 1. The van der Waals surface area contributed by atoms with Crippen LogP contribution in [0, 0.1) is 17.0 Å². The summed E-state index contributed by atoms with van der Waals surface area (Å²) in [6.07, 6.45) is 1.67. The molecular weight excluding hydrogens is 544 g/mol. The summed E-state index contributed by atoms with van der Waals surface area (Å²) < 4.78 is 0. The van der Waals surface area contributed by atoms with Gasteiger partial charge in [-0.1, -0.05) is 90.1 Å². The third-order valence-electron chi connectivity index (χ3n) is 7.64. The standard InChI is InChI=1S/C34H36N4O3S/c1-26-12-15-32(16-13-26)42-33-17-14-31(38(40)41)22-29(33)25-37(34(39)35-23-27-8-4-2-5-9-27)30-18-20-36(21-19-30)24-28-10-6-3-7-11-28/h2-17,22,30H,18-21,23-25H2,1H3,(H,35,39). The number of amides is 2. The van der Waals surface area contributed by atoms with Crippen molar-refractivity contribution in [3.63, 3.8) is 0 Å². The molecule has 1 N–H and O–H groups in total. The van der Waals surface area contributed by atoms with Gasteiger partial charge < -0.3 is 10.2 Å². The Hall–Kier alpha value is -4.14. The van der Waals surface area contributed by atoms with E-state index < -0.39 is 0 Å². The lowest BCUT2D eigenvalue weighted by Gasteiger charge is -2.39. The first kappa shape index (κ1) is 29.4. The van der Waals surface area contributed by atoms with E-state index in [9.17, 15) is 14.9 Å². The first-order valence-electron chi connectivity index (χ1n) is 14.3. The van der Waals surface area contributed by atoms with Gasteiger partial charge in [0.25, 0.3) is 5.69 Å². The number of rotatable bonds is 10. The number of non-ortho nitro benzene ring substituents is 1. The van der Waals surface area contributed by atoms with Crippen molar-refractivity contribution in [1.82, 2.24) is 15.1 Å². The summed E-state index contributed by atoms with van der Waals surface area (Å²) in [5.74, 6) is 0. The lowest BCUT2D eigenvalue weighted by molar-refractivity contribution is -0.385. The number of urea groups is 1. The zero-order valence-electron chi connectivity index (χ0n) is 23.8. The molecule has 0 unspecified atom stereocenters. The molecule has 0 aromatic heterocycles. The molecule has 2 amide bonds. The first-order valence-corrected chi connectivity index (χ1v) is 15.1. The van der Waals surface area contributed by atoms with Crippen molar-refractivity contribution in [3.8, 4) is 0 Å². The predicted octanol–water partition coefficient (Wildman–Crippen LogP) is 7.43. The summed E-state index contributed by atoms with van der Waals surface area (Å²) in [6, 6.07) is 33.3. The molecular formula is C34H36N4O3S. The number of nitrogens with zero attached hydrogens (tertiary/aromatic N) is 3. The van der Waals surface area contributed by atoms with Crippen LogP contribution in [0.1, 0.15) is 35.1 Å². The van der Waals surface area contributed by atoms with E-state index in [1.165, 1.54) is 11.1 Å². The maximum Gasteiger partial charge on any atom is 0.318 e. The van der Waals surface area contributed by atoms with E-state index in [1.807, 2.05) is 48.2 Å². The highest BCUT2D eigenvalue weighted by Gasteiger charge is 2.29. The van der Waals surface area contributed by atoms with Gasteiger partial charge >= 0.3 is 6.03 Å². The molecule has 4 aromatic rings. The van der Waals surface area contributed by atoms with Gasteiger partial charge in [0.1, 0.15) is 0 Å². The number of hydrogen-bond donors (Lipinski definition) is 1. The number of benzene rings is 4. The summed E-state index contributed by atoms with van der Waals surface area (Å²) >= 11 is 1.57. The zero-order chi connectivity index (χ0) is 29.3. The highest BCUT2D eigenvalue weighted by atomic mass is 32.2. The Balaban J connectivity index is 1.37. The fourth-order valence-electron chi connectivity index (χ4n) is 5.29. The van der Waals surface area contributed by atoms with Crippen molar-refractivity contribution < 1.29 is 9.72 Å². The monoisotopic (exact) mass is 580 g/mol. The molecule has 4 aromatic carbocycles. The number of nitro groups is 1. The second-order valence-electron chi connectivity index (χ2n) is 10.7. The average molecular weight is 581 g/mol. The van der Waals surface area contributed by atoms with Crippen molar-refractivity contribution in [2.75, 3.05) is 13.1 Å². The Morgan fingerprint density at radius 3 is 2.21 bits per heavy atom. The minimum absolute atomic E-state index is 0.0179. The number of carbonyl (C=O) groups excluding carboxylic acids is 1. The number of hydrogen-bond acceptors (Lipinski definition) is 5. The molecule has 1 aliphatic heterocycles. The lowest BCUT2D eigenvalue weighted by Crippen LogP contribution is -2.50. The Bertz CT molecular complexity index is 1470. The molecule has 1 heterocycles. The van der Waals surface area contributed by atoms with E-state index in [2.05, 4.69) is 58.7 Å². The quantitative estimate of drug-likeness (QED) is 0.156. The van der Waals surface area contributed by atoms with Gasteiger partial charge in [0.2, 0.25) is 0 Å². The van der Waals surface area contributed by atoms with Gasteiger partial charge in [0.05, 0.1) is 4.92 Å². The van der Waals surface area contributed by atoms with Crippen LogP contribution >= 0.6 is 11.8 Å². The molecule has 7 nitrogen and oxygen atoms in total. The van der Waals surface area contributed by atoms with E-state index in [0.717, 1.165) is 53.4 Å². The number of nitro benzene ring substituents is 1. The average Bonchev–Trinajstić information content (AvgIpc) is 3.02. The van der Waals surface area contributed by atoms with Crippen LogP contribution < -0.4 is 5.32 Å².